The summed E-state index contributed by atoms with van der Waals surface area (Å²) in [6.45, 7) is 6.67. The molecule has 0 saturated carbocycles. The van der Waals surface area contributed by atoms with Gasteiger partial charge < -0.3 is 19.9 Å². The molecule has 1 aromatic heterocycles. The largest absolute Gasteiger partial charge is 0.494 e. The van der Waals surface area contributed by atoms with Crippen molar-refractivity contribution in [1.82, 2.24) is 14.9 Å². The number of fused-ring (bicyclic) bond motifs is 1. The number of para-hydroxylation sites is 1. The van der Waals surface area contributed by atoms with Gasteiger partial charge in [-0.3, -0.25) is 0 Å². The number of piperazine rings is 1. The van der Waals surface area contributed by atoms with Gasteiger partial charge in [0.1, 0.15) is 11.6 Å². The first-order valence-electron chi connectivity index (χ1n) is 9.43. The number of nitrogens with one attached hydrogen (secondary N) is 1. The molecule has 6 heteroatoms. The highest BCUT2D eigenvalue weighted by atomic mass is 16.5. The molecule has 1 fully saturated rings. The fraction of sp³-hybridized carbons (Fsp3) is 0.333. The van der Waals surface area contributed by atoms with E-state index in [-0.39, 0.29) is 0 Å². The van der Waals surface area contributed by atoms with Crippen molar-refractivity contribution in [2.24, 2.45) is 0 Å². The molecule has 2 heterocycles. The SMILES string of the molecule is CCOc1ccc(Nc2nc(N3CCN(C)CC3)c3ccccc3n2)cc1. The summed E-state index contributed by atoms with van der Waals surface area (Å²) in [5.41, 5.74) is 1.90. The molecule has 27 heavy (non-hydrogen) atoms. The van der Waals surface area contributed by atoms with E-state index in [9.17, 15) is 0 Å². The van der Waals surface area contributed by atoms with Crippen molar-refractivity contribution < 1.29 is 4.74 Å². The van der Waals surface area contributed by atoms with E-state index < -0.39 is 0 Å². The third-order valence-corrected chi connectivity index (χ3v) is 4.81. The summed E-state index contributed by atoms with van der Waals surface area (Å²) in [5, 5.41) is 4.44. The lowest BCUT2D eigenvalue weighted by atomic mass is 10.2. The highest BCUT2D eigenvalue weighted by molar-refractivity contribution is 5.90. The Bertz CT molecular complexity index is 904. The number of rotatable bonds is 5. The summed E-state index contributed by atoms with van der Waals surface area (Å²) in [7, 11) is 2.16. The molecule has 0 radical (unpaired) electrons. The van der Waals surface area contributed by atoms with Crippen LogP contribution < -0.4 is 15.0 Å². The van der Waals surface area contributed by atoms with Crippen molar-refractivity contribution in [3.05, 3.63) is 48.5 Å². The van der Waals surface area contributed by atoms with Crippen LogP contribution in [0.2, 0.25) is 0 Å². The van der Waals surface area contributed by atoms with Gasteiger partial charge in [-0.05, 0) is 50.4 Å². The van der Waals surface area contributed by atoms with Gasteiger partial charge in [-0.15, -0.1) is 0 Å². The van der Waals surface area contributed by atoms with Crippen LogP contribution in [0, 0.1) is 0 Å². The second kappa shape index (κ2) is 7.80. The molecule has 0 amide bonds. The molecule has 4 rings (SSSR count). The number of benzene rings is 2. The van der Waals surface area contributed by atoms with Crippen molar-refractivity contribution >= 4 is 28.4 Å². The Labute approximate surface area is 159 Å². The molecular weight excluding hydrogens is 338 g/mol. The second-order valence-electron chi connectivity index (χ2n) is 6.76. The minimum atomic E-state index is 0.617. The Morgan fingerprint density at radius 3 is 2.44 bits per heavy atom. The fourth-order valence-electron chi connectivity index (χ4n) is 3.31. The van der Waals surface area contributed by atoms with Gasteiger partial charge in [0.2, 0.25) is 5.95 Å². The van der Waals surface area contributed by atoms with Crippen molar-refractivity contribution in [3.8, 4) is 5.75 Å². The van der Waals surface area contributed by atoms with Gasteiger partial charge in [0, 0.05) is 37.3 Å². The number of aromatic nitrogens is 2. The van der Waals surface area contributed by atoms with Gasteiger partial charge in [-0.25, -0.2) is 4.98 Å². The normalized spacial score (nSPS) is 15.1. The minimum absolute atomic E-state index is 0.617. The number of nitrogens with zero attached hydrogens (tertiary/aromatic N) is 4. The Balaban J connectivity index is 1.64. The monoisotopic (exact) mass is 363 g/mol. The van der Waals surface area contributed by atoms with E-state index in [4.69, 9.17) is 14.7 Å². The Kier molecular flexibility index (Phi) is 5.07. The first-order chi connectivity index (χ1) is 13.2. The summed E-state index contributed by atoms with van der Waals surface area (Å²) < 4.78 is 5.51. The maximum atomic E-state index is 5.51. The van der Waals surface area contributed by atoms with E-state index in [0.29, 0.717) is 12.6 Å². The molecule has 3 aromatic rings. The molecule has 0 unspecified atom stereocenters. The predicted octanol–water partition coefficient (Wildman–Crippen LogP) is 3.52. The zero-order chi connectivity index (χ0) is 18.6. The summed E-state index contributed by atoms with van der Waals surface area (Å²) in [5.74, 6) is 2.48. The molecule has 1 aliphatic heterocycles. The molecule has 0 spiro atoms. The summed E-state index contributed by atoms with van der Waals surface area (Å²) in [4.78, 5) is 14.3. The first kappa shape index (κ1) is 17.5. The minimum Gasteiger partial charge on any atom is -0.494 e. The standard InChI is InChI=1S/C21H25N5O/c1-3-27-17-10-8-16(9-11-17)22-21-23-19-7-5-4-6-18(19)20(24-21)26-14-12-25(2)13-15-26/h4-11H,3,12-15H2,1-2H3,(H,22,23,24). The third kappa shape index (κ3) is 3.95. The van der Waals surface area contributed by atoms with Crippen LogP contribution in [0.15, 0.2) is 48.5 Å². The highest BCUT2D eigenvalue weighted by Crippen LogP contribution is 2.27. The Morgan fingerprint density at radius 2 is 1.70 bits per heavy atom. The van der Waals surface area contributed by atoms with Crippen LogP contribution in [0.25, 0.3) is 10.9 Å². The summed E-state index contributed by atoms with van der Waals surface area (Å²) >= 11 is 0. The van der Waals surface area contributed by atoms with Crippen LogP contribution in [-0.4, -0.2) is 54.7 Å². The van der Waals surface area contributed by atoms with Crippen LogP contribution >= 0.6 is 0 Å². The van der Waals surface area contributed by atoms with E-state index in [2.05, 4.69) is 28.2 Å². The fourth-order valence-corrected chi connectivity index (χ4v) is 3.31. The number of anilines is 3. The Hall–Kier alpha value is -2.86. The Morgan fingerprint density at radius 1 is 0.963 bits per heavy atom. The van der Waals surface area contributed by atoms with Gasteiger partial charge in [-0.2, -0.15) is 4.98 Å². The molecule has 0 aliphatic carbocycles. The van der Waals surface area contributed by atoms with Crippen molar-refractivity contribution in [2.45, 2.75) is 6.92 Å². The molecule has 0 atom stereocenters. The maximum Gasteiger partial charge on any atom is 0.229 e. The van der Waals surface area contributed by atoms with Crippen molar-refractivity contribution in [3.63, 3.8) is 0 Å². The van der Waals surface area contributed by atoms with Crippen LogP contribution in [0.5, 0.6) is 5.75 Å². The van der Waals surface area contributed by atoms with Crippen LogP contribution in [0.3, 0.4) is 0 Å². The molecule has 140 valence electrons. The number of ether oxygens (including phenoxy) is 1. The summed E-state index contributed by atoms with van der Waals surface area (Å²) in [6, 6.07) is 16.1. The molecule has 0 bridgehead atoms. The smallest absolute Gasteiger partial charge is 0.229 e. The van der Waals surface area contributed by atoms with Crippen molar-refractivity contribution in [2.75, 3.05) is 50.1 Å². The van der Waals surface area contributed by atoms with Gasteiger partial charge >= 0.3 is 0 Å². The van der Waals surface area contributed by atoms with Gasteiger partial charge in [0.25, 0.3) is 0 Å². The zero-order valence-corrected chi connectivity index (χ0v) is 15.9. The number of hydrogen-bond acceptors (Lipinski definition) is 6. The molecular formula is C21H25N5O. The average molecular weight is 363 g/mol. The first-order valence-corrected chi connectivity index (χ1v) is 9.43. The highest BCUT2D eigenvalue weighted by Gasteiger charge is 2.19. The van der Waals surface area contributed by atoms with E-state index in [0.717, 1.165) is 54.3 Å². The van der Waals surface area contributed by atoms with E-state index >= 15 is 0 Å². The second-order valence-corrected chi connectivity index (χ2v) is 6.76. The topological polar surface area (TPSA) is 53.5 Å². The van der Waals surface area contributed by atoms with Crippen molar-refractivity contribution in [1.29, 1.82) is 0 Å². The number of likely N-dealkylation sites (N-methyl/N-ethyl adjacent to an activating group) is 1. The molecule has 1 N–H and O–H groups in total. The lowest BCUT2D eigenvalue weighted by Gasteiger charge is -2.33. The number of hydrogen-bond donors (Lipinski definition) is 1. The average Bonchev–Trinajstić information content (AvgIpc) is 2.70. The van der Waals surface area contributed by atoms with Gasteiger partial charge in [0.15, 0.2) is 0 Å². The van der Waals surface area contributed by atoms with Crippen LogP contribution in [-0.2, 0) is 0 Å². The van der Waals surface area contributed by atoms with Gasteiger partial charge in [0.05, 0.1) is 12.1 Å². The van der Waals surface area contributed by atoms with Crippen LogP contribution in [0.4, 0.5) is 17.5 Å². The van der Waals surface area contributed by atoms with Crippen LogP contribution in [0.1, 0.15) is 6.92 Å². The maximum absolute atomic E-state index is 5.51. The molecule has 6 nitrogen and oxygen atoms in total. The lowest BCUT2D eigenvalue weighted by Crippen LogP contribution is -2.45. The zero-order valence-electron chi connectivity index (χ0n) is 15.9. The van der Waals surface area contributed by atoms with E-state index in [1.165, 1.54) is 0 Å². The predicted molar refractivity (Wildman–Crippen MR) is 110 cm³/mol. The molecule has 2 aromatic carbocycles. The quantitative estimate of drug-likeness (QED) is 0.748. The van der Waals surface area contributed by atoms with E-state index in [1.807, 2.05) is 49.4 Å². The van der Waals surface area contributed by atoms with E-state index in [1.54, 1.807) is 0 Å². The van der Waals surface area contributed by atoms with Gasteiger partial charge in [-0.1, -0.05) is 12.1 Å². The molecule has 1 saturated heterocycles. The molecule has 1 aliphatic rings. The third-order valence-electron chi connectivity index (χ3n) is 4.81. The summed E-state index contributed by atoms with van der Waals surface area (Å²) in [6.07, 6.45) is 0. The lowest BCUT2D eigenvalue weighted by molar-refractivity contribution is 0.312.